The summed E-state index contributed by atoms with van der Waals surface area (Å²) in [5.74, 6) is 0. The van der Waals surface area contributed by atoms with Crippen molar-refractivity contribution in [1.29, 1.82) is 0 Å². The molecule has 1 unspecified atom stereocenters. The summed E-state index contributed by atoms with van der Waals surface area (Å²) >= 11 is 3.16. The Kier molecular flexibility index (Phi) is 3.78. The number of rotatable bonds is 2. The van der Waals surface area contributed by atoms with Gasteiger partial charge in [0, 0.05) is 10.9 Å². The maximum atomic E-state index is 12.1. The number of hydrogen-bond donors (Lipinski definition) is 1. The van der Waals surface area contributed by atoms with Gasteiger partial charge in [-0.3, -0.25) is 0 Å². The number of halogens is 4. The van der Waals surface area contributed by atoms with E-state index in [0.29, 0.717) is 10.0 Å². The van der Waals surface area contributed by atoms with Gasteiger partial charge < -0.3 is 5.11 Å². The van der Waals surface area contributed by atoms with Crippen LogP contribution in [0.1, 0.15) is 11.1 Å². The van der Waals surface area contributed by atoms with Crippen LogP contribution in [-0.4, -0.2) is 17.4 Å². The maximum absolute atomic E-state index is 12.1. The Labute approximate surface area is 94.0 Å². The molecule has 0 radical (unpaired) electrons. The summed E-state index contributed by atoms with van der Waals surface area (Å²) in [6, 6.07) is 5.01. The Balaban J connectivity index is 2.82. The second-order valence-electron chi connectivity index (χ2n) is 3.36. The fourth-order valence-electron chi connectivity index (χ4n) is 1.14. The number of aliphatic hydroxyl groups is 1. The highest BCUT2D eigenvalue weighted by Crippen LogP contribution is 2.26. The van der Waals surface area contributed by atoms with Crippen molar-refractivity contribution >= 4 is 15.9 Å². The fraction of sp³-hybridized carbons (Fsp3) is 0.400. The third-order valence-corrected chi connectivity index (χ3v) is 2.74. The van der Waals surface area contributed by atoms with Crippen LogP contribution in [0.4, 0.5) is 13.2 Å². The van der Waals surface area contributed by atoms with E-state index in [4.69, 9.17) is 5.11 Å². The molecule has 5 heteroatoms. The van der Waals surface area contributed by atoms with Gasteiger partial charge in [0.25, 0.3) is 0 Å². The topological polar surface area (TPSA) is 20.2 Å². The molecule has 0 aliphatic heterocycles. The van der Waals surface area contributed by atoms with E-state index in [1.807, 2.05) is 6.92 Å². The third-order valence-electron chi connectivity index (χ3n) is 2.00. The van der Waals surface area contributed by atoms with Crippen LogP contribution in [0.5, 0.6) is 0 Å². The van der Waals surface area contributed by atoms with Crippen molar-refractivity contribution in [3.8, 4) is 0 Å². The third kappa shape index (κ3) is 3.50. The van der Waals surface area contributed by atoms with Gasteiger partial charge in [0.2, 0.25) is 0 Å². The molecule has 0 saturated heterocycles. The van der Waals surface area contributed by atoms with Crippen molar-refractivity contribution in [1.82, 2.24) is 0 Å². The van der Waals surface area contributed by atoms with Crippen molar-refractivity contribution in [2.75, 3.05) is 0 Å². The van der Waals surface area contributed by atoms with E-state index < -0.39 is 18.7 Å². The molecule has 1 atom stereocenters. The molecule has 1 N–H and O–H groups in total. The summed E-state index contributed by atoms with van der Waals surface area (Å²) in [6.07, 6.45) is -7.30. The first kappa shape index (κ1) is 12.5. The molecule has 84 valence electrons. The van der Waals surface area contributed by atoms with Crippen molar-refractivity contribution in [2.45, 2.75) is 25.6 Å². The Bertz CT molecular complexity index is 349. The number of benzene rings is 1. The normalized spacial score (nSPS) is 14.0. The Morgan fingerprint density at radius 3 is 2.47 bits per heavy atom. The van der Waals surface area contributed by atoms with Crippen molar-refractivity contribution in [3.05, 3.63) is 33.8 Å². The zero-order chi connectivity index (χ0) is 11.6. The molecule has 0 bridgehead atoms. The average Bonchev–Trinajstić information content (AvgIpc) is 2.08. The lowest BCUT2D eigenvalue weighted by atomic mass is 10.1. The Morgan fingerprint density at radius 1 is 1.40 bits per heavy atom. The van der Waals surface area contributed by atoms with Crippen LogP contribution in [0.2, 0.25) is 0 Å². The highest BCUT2D eigenvalue weighted by Gasteiger charge is 2.38. The highest BCUT2D eigenvalue weighted by molar-refractivity contribution is 9.10. The standard InChI is InChI=1S/C10H10BrF3O/c1-6-2-3-7(8(11)4-6)5-9(15)10(12,13)14/h2-4,9,15H,5H2,1H3. The lowest BCUT2D eigenvalue weighted by molar-refractivity contribution is -0.203. The van der Waals surface area contributed by atoms with E-state index in [0.717, 1.165) is 5.56 Å². The van der Waals surface area contributed by atoms with E-state index in [9.17, 15) is 13.2 Å². The van der Waals surface area contributed by atoms with E-state index in [1.165, 1.54) is 0 Å². The molecule has 1 aromatic rings. The molecule has 0 aromatic heterocycles. The second-order valence-corrected chi connectivity index (χ2v) is 4.21. The minimum Gasteiger partial charge on any atom is -0.383 e. The van der Waals surface area contributed by atoms with Gasteiger partial charge in [0.15, 0.2) is 6.10 Å². The predicted octanol–water partition coefficient (Wildman–Crippen LogP) is 3.22. The molecular weight excluding hydrogens is 273 g/mol. The SMILES string of the molecule is Cc1ccc(CC(O)C(F)(F)F)c(Br)c1. The Hall–Kier alpha value is -0.550. The molecule has 15 heavy (non-hydrogen) atoms. The van der Waals surface area contributed by atoms with Gasteiger partial charge in [-0.1, -0.05) is 28.1 Å². The zero-order valence-corrected chi connectivity index (χ0v) is 9.56. The van der Waals surface area contributed by atoms with Crippen LogP contribution in [0, 0.1) is 6.92 Å². The lowest BCUT2D eigenvalue weighted by Gasteiger charge is -2.15. The fourth-order valence-corrected chi connectivity index (χ4v) is 1.80. The summed E-state index contributed by atoms with van der Waals surface area (Å²) in [4.78, 5) is 0. The molecule has 0 aliphatic carbocycles. The van der Waals surface area contributed by atoms with Crippen LogP contribution >= 0.6 is 15.9 Å². The second kappa shape index (κ2) is 4.53. The number of alkyl halides is 3. The lowest BCUT2D eigenvalue weighted by Crippen LogP contribution is -2.30. The van der Waals surface area contributed by atoms with Gasteiger partial charge in [-0.2, -0.15) is 13.2 Å². The van der Waals surface area contributed by atoms with Crippen molar-refractivity contribution in [2.24, 2.45) is 0 Å². The summed E-state index contributed by atoms with van der Waals surface area (Å²) in [7, 11) is 0. The number of hydrogen-bond acceptors (Lipinski definition) is 1. The first-order chi connectivity index (χ1) is 6.80. The number of aryl methyl sites for hydroxylation is 1. The van der Waals surface area contributed by atoms with Gasteiger partial charge in [0.1, 0.15) is 0 Å². The molecule has 0 heterocycles. The van der Waals surface area contributed by atoms with Gasteiger partial charge in [-0.25, -0.2) is 0 Å². The highest BCUT2D eigenvalue weighted by atomic mass is 79.9. The van der Waals surface area contributed by atoms with Gasteiger partial charge in [-0.15, -0.1) is 0 Å². The molecule has 0 aliphatic rings. The monoisotopic (exact) mass is 282 g/mol. The van der Waals surface area contributed by atoms with Crippen LogP contribution in [0.25, 0.3) is 0 Å². The van der Waals surface area contributed by atoms with E-state index in [-0.39, 0.29) is 0 Å². The summed E-state index contributed by atoms with van der Waals surface area (Å²) < 4.78 is 36.8. The summed E-state index contributed by atoms with van der Waals surface area (Å²) in [6.45, 7) is 1.84. The van der Waals surface area contributed by atoms with Gasteiger partial charge >= 0.3 is 6.18 Å². The minimum absolute atomic E-state index is 0.426. The maximum Gasteiger partial charge on any atom is 0.414 e. The first-order valence-electron chi connectivity index (χ1n) is 4.30. The molecule has 0 fully saturated rings. The van der Waals surface area contributed by atoms with E-state index in [2.05, 4.69) is 15.9 Å². The van der Waals surface area contributed by atoms with Crippen LogP contribution in [0.15, 0.2) is 22.7 Å². The molecule has 1 nitrogen and oxygen atoms in total. The molecular formula is C10H10BrF3O. The molecule has 1 rings (SSSR count). The van der Waals surface area contributed by atoms with Gasteiger partial charge in [-0.05, 0) is 24.1 Å². The molecule has 0 saturated carbocycles. The molecule has 0 amide bonds. The molecule has 0 spiro atoms. The van der Waals surface area contributed by atoms with Crippen LogP contribution in [0.3, 0.4) is 0 Å². The summed E-state index contributed by atoms with van der Waals surface area (Å²) in [5.41, 5.74) is 1.40. The smallest absolute Gasteiger partial charge is 0.383 e. The van der Waals surface area contributed by atoms with E-state index >= 15 is 0 Å². The molecule has 1 aromatic carbocycles. The average molecular weight is 283 g/mol. The predicted molar refractivity (Wildman–Crippen MR) is 54.6 cm³/mol. The zero-order valence-electron chi connectivity index (χ0n) is 7.98. The quantitative estimate of drug-likeness (QED) is 0.883. The van der Waals surface area contributed by atoms with Gasteiger partial charge in [0.05, 0.1) is 0 Å². The first-order valence-corrected chi connectivity index (χ1v) is 5.10. The van der Waals surface area contributed by atoms with Crippen LogP contribution < -0.4 is 0 Å². The van der Waals surface area contributed by atoms with Crippen LogP contribution in [-0.2, 0) is 6.42 Å². The largest absolute Gasteiger partial charge is 0.414 e. The van der Waals surface area contributed by atoms with Crippen molar-refractivity contribution < 1.29 is 18.3 Å². The number of aliphatic hydroxyl groups excluding tert-OH is 1. The van der Waals surface area contributed by atoms with Crippen molar-refractivity contribution in [3.63, 3.8) is 0 Å². The Morgan fingerprint density at radius 2 is 2.00 bits per heavy atom. The minimum atomic E-state index is -4.57. The van der Waals surface area contributed by atoms with E-state index in [1.54, 1.807) is 18.2 Å². The summed E-state index contributed by atoms with van der Waals surface area (Å²) in [5, 5.41) is 8.89.